The van der Waals surface area contributed by atoms with Gasteiger partial charge in [0.1, 0.15) is 24.8 Å². The highest BCUT2D eigenvalue weighted by Crippen LogP contribution is 2.18. The molecule has 1 aromatic carbocycles. The van der Waals surface area contributed by atoms with Crippen molar-refractivity contribution in [2.45, 2.75) is 6.42 Å². The number of methoxy groups -OCH3 is 1. The summed E-state index contributed by atoms with van der Waals surface area (Å²) in [6.45, 7) is 2.81. The predicted molar refractivity (Wildman–Crippen MR) is 102 cm³/mol. The van der Waals surface area contributed by atoms with Crippen molar-refractivity contribution in [2.24, 2.45) is 0 Å². The van der Waals surface area contributed by atoms with E-state index >= 15 is 0 Å². The van der Waals surface area contributed by atoms with Crippen molar-refractivity contribution in [3.05, 3.63) is 54.9 Å². The summed E-state index contributed by atoms with van der Waals surface area (Å²) in [7, 11) is 1.58. The van der Waals surface area contributed by atoms with Gasteiger partial charge in [-0.25, -0.2) is 9.97 Å². The van der Waals surface area contributed by atoms with Crippen molar-refractivity contribution in [3.8, 4) is 11.6 Å². The first-order chi connectivity index (χ1) is 13.7. The zero-order valence-electron chi connectivity index (χ0n) is 15.6. The normalized spacial score (nSPS) is 14.2. The third-order valence-electron chi connectivity index (χ3n) is 4.80. The van der Waals surface area contributed by atoms with Crippen LogP contribution in [-0.2, 0) is 11.2 Å². The lowest BCUT2D eigenvalue weighted by molar-refractivity contribution is -0.130. The highest BCUT2D eigenvalue weighted by Gasteiger charge is 2.22. The molecule has 1 amide bonds. The van der Waals surface area contributed by atoms with E-state index in [-0.39, 0.29) is 5.91 Å². The van der Waals surface area contributed by atoms with Crippen molar-refractivity contribution < 1.29 is 9.53 Å². The number of piperazine rings is 1. The highest BCUT2D eigenvalue weighted by atomic mass is 16.5. The Morgan fingerprint density at radius 3 is 2.43 bits per heavy atom. The number of aromatic nitrogens is 5. The molecule has 0 saturated carbocycles. The molecular formula is C19H21N7O2. The molecule has 0 bridgehead atoms. The minimum atomic E-state index is 0.136. The zero-order valence-corrected chi connectivity index (χ0v) is 15.6. The second kappa shape index (κ2) is 8.03. The summed E-state index contributed by atoms with van der Waals surface area (Å²) in [4.78, 5) is 25.0. The highest BCUT2D eigenvalue weighted by molar-refractivity contribution is 5.79. The van der Waals surface area contributed by atoms with Gasteiger partial charge in [-0.3, -0.25) is 9.36 Å². The first kappa shape index (κ1) is 17.9. The number of hydrogen-bond acceptors (Lipinski definition) is 7. The standard InChI is InChI=1S/C19H21N7O2/c1-28-18-11-17(20-12-21-18)24-6-8-25(9-7-24)19(27)10-15-2-4-16(5-3-15)26-13-22-23-14-26/h2-5,11-14H,6-10H2,1H3. The van der Waals surface area contributed by atoms with Crippen molar-refractivity contribution in [3.63, 3.8) is 0 Å². The molecule has 1 aliphatic rings. The Bertz CT molecular complexity index is 920. The van der Waals surface area contributed by atoms with Gasteiger partial charge < -0.3 is 14.5 Å². The number of benzene rings is 1. The lowest BCUT2D eigenvalue weighted by Crippen LogP contribution is -2.49. The second-order valence-corrected chi connectivity index (χ2v) is 6.50. The Labute approximate surface area is 162 Å². The van der Waals surface area contributed by atoms with Crippen molar-refractivity contribution >= 4 is 11.7 Å². The van der Waals surface area contributed by atoms with Crippen LogP contribution in [0.2, 0.25) is 0 Å². The quantitative estimate of drug-likeness (QED) is 0.652. The monoisotopic (exact) mass is 379 g/mol. The molecule has 0 unspecified atom stereocenters. The molecule has 1 saturated heterocycles. The van der Waals surface area contributed by atoms with Gasteiger partial charge in [-0.1, -0.05) is 12.1 Å². The van der Waals surface area contributed by atoms with Crippen LogP contribution in [0.5, 0.6) is 5.88 Å². The van der Waals surface area contributed by atoms with Crippen LogP contribution >= 0.6 is 0 Å². The van der Waals surface area contributed by atoms with Crippen LogP contribution in [0.15, 0.2) is 49.3 Å². The molecule has 28 heavy (non-hydrogen) atoms. The predicted octanol–water partition coefficient (Wildman–Crippen LogP) is 0.957. The number of hydrogen-bond donors (Lipinski definition) is 0. The van der Waals surface area contributed by atoms with E-state index in [0.717, 1.165) is 30.2 Å². The van der Waals surface area contributed by atoms with E-state index in [1.165, 1.54) is 6.33 Å². The second-order valence-electron chi connectivity index (χ2n) is 6.50. The lowest BCUT2D eigenvalue weighted by Gasteiger charge is -2.35. The van der Waals surface area contributed by atoms with Crippen LogP contribution in [0.3, 0.4) is 0 Å². The van der Waals surface area contributed by atoms with Gasteiger partial charge in [-0.15, -0.1) is 10.2 Å². The summed E-state index contributed by atoms with van der Waals surface area (Å²) in [5, 5.41) is 7.60. The molecule has 0 spiro atoms. The van der Waals surface area contributed by atoms with Crippen molar-refractivity contribution in [2.75, 3.05) is 38.2 Å². The largest absolute Gasteiger partial charge is 0.481 e. The first-order valence-corrected chi connectivity index (χ1v) is 9.05. The van der Waals surface area contributed by atoms with E-state index in [1.54, 1.807) is 19.8 Å². The molecule has 0 radical (unpaired) electrons. The average molecular weight is 379 g/mol. The van der Waals surface area contributed by atoms with Crippen LogP contribution in [0.1, 0.15) is 5.56 Å². The number of nitrogens with zero attached hydrogens (tertiary/aromatic N) is 7. The van der Waals surface area contributed by atoms with Gasteiger partial charge in [0.25, 0.3) is 0 Å². The summed E-state index contributed by atoms with van der Waals surface area (Å²) in [6.07, 6.45) is 5.18. The van der Waals surface area contributed by atoms with E-state index in [9.17, 15) is 4.79 Å². The van der Waals surface area contributed by atoms with Crippen LogP contribution in [0, 0.1) is 0 Å². The lowest BCUT2D eigenvalue weighted by atomic mass is 10.1. The Balaban J connectivity index is 1.32. The minimum Gasteiger partial charge on any atom is -0.481 e. The van der Waals surface area contributed by atoms with Gasteiger partial charge in [-0.2, -0.15) is 0 Å². The molecule has 9 nitrogen and oxygen atoms in total. The molecule has 0 atom stereocenters. The molecule has 2 aromatic heterocycles. The van der Waals surface area contributed by atoms with Gasteiger partial charge in [0, 0.05) is 37.9 Å². The maximum absolute atomic E-state index is 12.7. The molecule has 1 aliphatic heterocycles. The molecule has 9 heteroatoms. The van der Waals surface area contributed by atoms with E-state index in [2.05, 4.69) is 25.1 Å². The fourth-order valence-corrected chi connectivity index (χ4v) is 3.21. The summed E-state index contributed by atoms with van der Waals surface area (Å²) in [5.41, 5.74) is 1.96. The third kappa shape index (κ3) is 3.93. The maximum atomic E-state index is 12.7. The van der Waals surface area contributed by atoms with Crippen LogP contribution in [-0.4, -0.2) is 68.8 Å². The van der Waals surface area contributed by atoms with Crippen molar-refractivity contribution in [1.29, 1.82) is 0 Å². The Morgan fingerprint density at radius 1 is 1.04 bits per heavy atom. The molecule has 144 valence electrons. The van der Waals surface area contributed by atoms with Crippen LogP contribution in [0.4, 0.5) is 5.82 Å². The molecule has 3 aromatic rings. The fourth-order valence-electron chi connectivity index (χ4n) is 3.21. The van der Waals surface area contributed by atoms with Crippen LogP contribution in [0.25, 0.3) is 5.69 Å². The molecule has 0 N–H and O–H groups in total. The number of carbonyl (C=O) groups excluding carboxylic acids is 1. The van der Waals surface area contributed by atoms with Gasteiger partial charge >= 0.3 is 0 Å². The van der Waals surface area contributed by atoms with Crippen LogP contribution < -0.4 is 9.64 Å². The number of rotatable bonds is 5. The summed E-state index contributed by atoms with van der Waals surface area (Å²) >= 11 is 0. The van der Waals surface area contributed by atoms with E-state index < -0.39 is 0 Å². The smallest absolute Gasteiger partial charge is 0.227 e. The zero-order chi connectivity index (χ0) is 19.3. The minimum absolute atomic E-state index is 0.136. The number of carbonyl (C=O) groups is 1. The molecule has 1 fully saturated rings. The summed E-state index contributed by atoms with van der Waals surface area (Å²) in [6, 6.07) is 9.68. The Hall–Kier alpha value is -3.49. The molecule has 4 rings (SSSR count). The number of ether oxygens (including phenoxy) is 1. The van der Waals surface area contributed by atoms with Crippen molar-refractivity contribution in [1.82, 2.24) is 29.6 Å². The fraction of sp³-hybridized carbons (Fsp3) is 0.316. The van der Waals surface area contributed by atoms with E-state index in [0.29, 0.717) is 25.4 Å². The van der Waals surface area contributed by atoms with E-state index in [1.807, 2.05) is 39.8 Å². The summed E-state index contributed by atoms with van der Waals surface area (Å²) < 4.78 is 6.98. The molecule has 3 heterocycles. The molecule has 0 aliphatic carbocycles. The van der Waals surface area contributed by atoms with E-state index in [4.69, 9.17) is 4.74 Å². The number of amides is 1. The number of anilines is 1. The average Bonchev–Trinajstić information content (AvgIpc) is 3.29. The summed E-state index contributed by atoms with van der Waals surface area (Å²) in [5.74, 6) is 1.50. The SMILES string of the molecule is COc1cc(N2CCN(C(=O)Cc3ccc(-n4cnnc4)cc3)CC2)ncn1. The third-order valence-corrected chi connectivity index (χ3v) is 4.80. The van der Waals surface area contributed by atoms with Gasteiger partial charge in [0.05, 0.1) is 13.5 Å². The Kier molecular flexibility index (Phi) is 5.14. The van der Waals surface area contributed by atoms with Gasteiger partial charge in [-0.05, 0) is 17.7 Å². The topological polar surface area (TPSA) is 89.3 Å². The Morgan fingerprint density at radius 2 is 1.75 bits per heavy atom. The van der Waals surface area contributed by atoms with Gasteiger partial charge in [0.2, 0.25) is 11.8 Å². The first-order valence-electron chi connectivity index (χ1n) is 9.05. The maximum Gasteiger partial charge on any atom is 0.227 e. The molecular weight excluding hydrogens is 358 g/mol. The van der Waals surface area contributed by atoms with Gasteiger partial charge in [0.15, 0.2) is 0 Å².